The highest BCUT2D eigenvalue weighted by atomic mass is 32.2. The molecule has 0 amide bonds. The molecule has 0 radical (unpaired) electrons. The smallest absolute Gasteiger partial charge is 0.269 e. The van der Waals surface area contributed by atoms with E-state index in [1.807, 2.05) is 42.5 Å². The van der Waals surface area contributed by atoms with Gasteiger partial charge in [-0.3, -0.25) is 10.1 Å². The van der Waals surface area contributed by atoms with Gasteiger partial charge in [0.2, 0.25) is 10.0 Å². The molecule has 1 N–H and O–H groups in total. The third kappa shape index (κ3) is 4.65. The van der Waals surface area contributed by atoms with E-state index in [0.29, 0.717) is 5.75 Å². The summed E-state index contributed by atoms with van der Waals surface area (Å²) < 4.78 is 32.3. The zero-order valence-electron chi connectivity index (χ0n) is 14.7. The average Bonchev–Trinajstić information content (AvgIpc) is 2.70. The molecule has 0 aliphatic rings. The maximum Gasteiger partial charge on any atom is 0.269 e. The van der Waals surface area contributed by atoms with Crippen molar-refractivity contribution >= 4 is 26.5 Å². The minimum Gasteiger partial charge on any atom is -0.480 e. The Hall–Kier alpha value is -3.41. The fourth-order valence-corrected chi connectivity index (χ4v) is 3.43. The normalized spacial score (nSPS) is 10.9. The molecule has 0 saturated heterocycles. The van der Waals surface area contributed by atoms with Crippen molar-refractivity contribution in [2.45, 2.75) is 4.90 Å². The maximum atomic E-state index is 12.1. The van der Waals surface area contributed by atoms with Crippen molar-refractivity contribution in [1.82, 2.24) is 4.72 Å². The number of nitrogens with one attached hydrogen (secondary N) is 1. The second kappa shape index (κ2) is 8.52. The summed E-state index contributed by atoms with van der Waals surface area (Å²) in [5, 5.41) is 12.7. The molecule has 3 rings (SSSR count). The van der Waals surface area contributed by atoms with Crippen molar-refractivity contribution in [2.75, 3.05) is 13.2 Å². The highest BCUT2D eigenvalue weighted by molar-refractivity contribution is 7.89. The molecule has 28 heavy (non-hydrogen) atoms. The number of fused-ring (bicyclic) bond motifs is 1. The van der Waals surface area contributed by atoms with Gasteiger partial charge in [-0.25, -0.2) is 8.42 Å². The predicted octanol–water partition coefficient (Wildman–Crippen LogP) is 3.11. The van der Waals surface area contributed by atoms with Gasteiger partial charge in [0, 0.05) is 17.5 Å². The molecule has 8 heteroatoms. The van der Waals surface area contributed by atoms with Crippen LogP contribution in [0, 0.1) is 22.0 Å². The second-order valence-corrected chi connectivity index (χ2v) is 7.46. The third-order valence-electron chi connectivity index (χ3n) is 3.88. The Morgan fingerprint density at radius 2 is 1.68 bits per heavy atom. The zero-order chi connectivity index (χ0) is 20.0. The van der Waals surface area contributed by atoms with Crippen molar-refractivity contribution in [3.63, 3.8) is 0 Å². The first-order chi connectivity index (χ1) is 13.5. The number of benzene rings is 3. The molecule has 0 heterocycles. The summed E-state index contributed by atoms with van der Waals surface area (Å²) in [5.74, 6) is 6.15. The van der Waals surface area contributed by atoms with Gasteiger partial charge in [-0.05, 0) is 23.6 Å². The van der Waals surface area contributed by atoms with Crippen LogP contribution in [-0.2, 0) is 10.0 Å². The van der Waals surface area contributed by atoms with Crippen LogP contribution in [0.3, 0.4) is 0 Å². The van der Waals surface area contributed by atoms with Gasteiger partial charge in [0.1, 0.15) is 12.4 Å². The molecule has 7 nitrogen and oxygen atoms in total. The van der Waals surface area contributed by atoms with Gasteiger partial charge in [-0.2, -0.15) is 4.72 Å². The maximum absolute atomic E-state index is 12.1. The van der Waals surface area contributed by atoms with Crippen molar-refractivity contribution in [3.8, 4) is 17.6 Å². The van der Waals surface area contributed by atoms with Crippen molar-refractivity contribution in [2.24, 2.45) is 0 Å². The van der Waals surface area contributed by atoms with E-state index in [9.17, 15) is 18.5 Å². The number of non-ortho nitro benzene ring substituents is 1. The van der Waals surface area contributed by atoms with Crippen LogP contribution < -0.4 is 9.46 Å². The van der Waals surface area contributed by atoms with Crippen LogP contribution in [0.2, 0.25) is 0 Å². The fraction of sp³-hybridized carbons (Fsp3) is 0.100. The molecule has 0 saturated carbocycles. The lowest BCUT2D eigenvalue weighted by atomic mass is 10.1. The first kappa shape index (κ1) is 19.4. The first-order valence-corrected chi connectivity index (χ1v) is 9.76. The first-order valence-electron chi connectivity index (χ1n) is 8.28. The lowest BCUT2D eigenvalue weighted by Crippen LogP contribution is -2.24. The summed E-state index contributed by atoms with van der Waals surface area (Å²) in [5.41, 5.74) is -0.177. The topological polar surface area (TPSA) is 98.5 Å². The van der Waals surface area contributed by atoms with Gasteiger partial charge < -0.3 is 4.74 Å². The van der Waals surface area contributed by atoms with E-state index in [1.54, 1.807) is 0 Å². The zero-order valence-corrected chi connectivity index (χ0v) is 15.5. The molecular weight excluding hydrogens is 380 g/mol. The SMILES string of the molecule is O=[N+]([O-])c1ccc(S(=O)(=O)NCC#CCOc2cccc3ccccc23)cc1. The Bertz CT molecular complexity index is 1160. The van der Waals surface area contributed by atoms with Gasteiger partial charge in [0.25, 0.3) is 5.69 Å². The lowest BCUT2D eigenvalue weighted by molar-refractivity contribution is -0.384. The third-order valence-corrected chi connectivity index (χ3v) is 5.30. The summed E-state index contributed by atoms with van der Waals surface area (Å²) in [7, 11) is -3.79. The fourth-order valence-electron chi connectivity index (χ4n) is 2.51. The van der Waals surface area contributed by atoms with Crippen LogP contribution in [0.15, 0.2) is 71.6 Å². The average molecular weight is 396 g/mol. The van der Waals surface area contributed by atoms with Crippen LogP contribution in [0.5, 0.6) is 5.75 Å². The molecular formula is C20H16N2O5S. The van der Waals surface area contributed by atoms with E-state index >= 15 is 0 Å². The Morgan fingerprint density at radius 1 is 0.964 bits per heavy atom. The van der Waals surface area contributed by atoms with E-state index in [0.717, 1.165) is 22.9 Å². The molecule has 0 atom stereocenters. The molecule has 3 aromatic rings. The Kier molecular flexibility index (Phi) is 5.89. The highest BCUT2D eigenvalue weighted by Crippen LogP contribution is 2.24. The molecule has 0 aliphatic carbocycles. The van der Waals surface area contributed by atoms with Gasteiger partial charge in [0.15, 0.2) is 0 Å². The number of hydrogen-bond donors (Lipinski definition) is 1. The summed E-state index contributed by atoms with van der Waals surface area (Å²) in [6.45, 7) is 0.0193. The van der Waals surface area contributed by atoms with Crippen molar-refractivity contribution in [1.29, 1.82) is 0 Å². The summed E-state index contributed by atoms with van der Waals surface area (Å²) in [6, 6.07) is 18.2. The van der Waals surface area contributed by atoms with E-state index < -0.39 is 14.9 Å². The molecule has 3 aromatic carbocycles. The number of nitrogens with zero attached hydrogens (tertiary/aromatic N) is 1. The number of nitro benzene ring substituents is 1. The summed E-state index contributed by atoms with van der Waals surface area (Å²) >= 11 is 0. The number of ether oxygens (including phenoxy) is 1. The van der Waals surface area contributed by atoms with Crippen LogP contribution >= 0.6 is 0 Å². The van der Waals surface area contributed by atoms with Crippen molar-refractivity contribution < 1.29 is 18.1 Å². The standard InChI is InChI=1S/C20H16N2O5S/c23-22(24)17-10-12-18(13-11-17)28(25,26)21-14-3-4-15-27-20-9-5-7-16-6-1-2-8-19(16)20/h1-2,5-13,21H,14-15H2. The summed E-state index contributed by atoms with van der Waals surface area (Å²) in [4.78, 5) is 9.96. The predicted molar refractivity (Wildman–Crippen MR) is 106 cm³/mol. The van der Waals surface area contributed by atoms with E-state index in [4.69, 9.17) is 4.74 Å². The Morgan fingerprint density at radius 3 is 2.43 bits per heavy atom. The quantitative estimate of drug-likeness (QED) is 0.392. The molecule has 0 aliphatic heterocycles. The van der Waals surface area contributed by atoms with E-state index in [-0.39, 0.29) is 23.7 Å². The number of hydrogen-bond acceptors (Lipinski definition) is 5. The lowest BCUT2D eigenvalue weighted by Gasteiger charge is -2.06. The van der Waals surface area contributed by atoms with Gasteiger partial charge >= 0.3 is 0 Å². The minimum atomic E-state index is -3.79. The molecule has 0 unspecified atom stereocenters. The number of nitro groups is 1. The second-order valence-electron chi connectivity index (χ2n) is 5.70. The van der Waals surface area contributed by atoms with Crippen LogP contribution in [0.25, 0.3) is 10.8 Å². The number of rotatable bonds is 6. The molecule has 0 spiro atoms. The largest absolute Gasteiger partial charge is 0.480 e. The van der Waals surface area contributed by atoms with Crippen LogP contribution in [-0.4, -0.2) is 26.5 Å². The summed E-state index contributed by atoms with van der Waals surface area (Å²) in [6.07, 6.45) is 0. The minimum absolute atomic E-state index is 0.0631. The number of sulfonamides is 1. The molecule has 0 aromatic heterocycles. The van der Waals surface area contributed by atoms with Crippen LogP contribution in [0.4, 0.5) is 5.69 Å². The van der Waals surface area contributed by atoms with E-state index in [1.165, 1.54) is 12.1 Å². The molecule has 0 bridgehead atoms. The molecule has 0 fully saturated rings. The van der Waals surface area contributed by atoms with Gasteiger partial charge in [-0.15, -0.1) is 0 Å². The van der Waals surface area contributed by atoms with Crippen molar-refractivity contribution in [3.05, 3.63) is 76.8 Å². The Balaban J connectivity index is 1.55. The van der Waals surface area contributed by atoms with E-state index in [2.05, 4.69) is 16.6 Å². The Labute approximate surface area is 162 Å². The van der Waals surface area contributed by atoms with Gasteiger partial charge in [-0.1, -0.05) is 48.2 Å². The monoisotopic (exact) mass is 396 g/mol. The highest BCUT2D eigenvalue weighted by Gasteiger charge is 2.14. The van der Waals surface area contributed by atoms with Crippen LogP contribution in [0.1, 0.15) is 0 Å². The van der Waals surface area contributed by atoms with Gasteiger partial charge in [0.05, 0.1) is 16.4 Å². The molecule has 142 valence electrons.